The van der Waals surface area contributed by atoms with Gasteiger partial charge in [-0.25, -0.2) is 9.97 Å². The number of nitrogens with zero attached hydrogens (tertiary/aromatic N) is 3. The largest absolute Gasteiger partial charge is 0.367 e. The van der Waals surface area contributed by atoms with Crippen LogP contribution in [0.4, 0.5) is 23.0 Å². The fourth-order valence-corrected chi connectivity index (χ4v) is 2.90. The Morgan fingerprint density at radius 3 is 2.46 bits per heavy atom. The number of hydrogen-bond donors (Lipinski definition) is 3. The summed E-state index contributed by atoms with van der Waals surface area (Å²) in [6.07, 6.45) is 4.27. The number of benzene rings is 1. The molecule has 1 aliphatic heterocycles. The number of amides is 1. The fraction of sp³-hybridized carbons (Fsp3) is 0.421. The molecule has 0 saturated carbocycles. The summed E-state index contributed by atoms with van der Waals surface area (Å²) in [5.41, 5.74) is 1.69. The normalized spacial score (nSPS) is 15.5. The standard InChI is InChI=1S/C19H26N6O/c1-3-19(26)24-15-6-4-14(5-7-15)22-17-12-18(21-13-20-17)23-16-8-10-25(2)11-9-16/h4-7,12-13,16H,3,8-11H2,1-2H3,(H,24,26)(H2,20,21,22,23). The Balaban J connectivity index is 1.59. The molecule has 1 saturated heterocycles. The summed E-state index contributed by atoms with van der Waals surface area (Å²) in [4.78, 5) is 22.4. The van der Waals surface area contributed by atoms with Crippen LogP contribution in [0.1, 0.15) is 26.2 Å². The van der Waals surface area contributed by atoms with Gasteiger partial charge in [0.2, 0.25) is 5.91 Å². The van der Waals surface area contributed by atoms with Gasteiger partial charge >= 0.3 is 0 Å². The molecule has 138 valence electrons. The summed E-state index contributed by atoms with van der Waals surface area (Å²) >= 11 is 0. The van der Waals surface area contributed by atoms with E-state index >= 15 is 0 Å². The van der Waals surface area contributed by atoms with Crippen LogP contribution in [0.15, 0.2) is 36.7 Å². The van der Waals surface area contributed by atoms with Gasteiger partial charge in [-0.2, -0.15) is 0 Å². The van der Waals surface area contributed by atoms with E-state index in [2.05, 4.69) is 37.9 Å². The zero-order valence-corrected chi connectivity index (χ0v) is 15.3. The maximum atomic E-state index is 11.4. The Morgan fingerprint density at radius 2 is 1.77 bits per heavy atom. The minimum atomic E-state index is 0.00568. The first kappa shape index (κ1) is 18.1. The van der Waals surface area contributed by atoms with Gasteiger partial charge in [0.15, 0.2) is 0 Å². The molecular weight excluding hydrogens is 328 g/mol. The van der Waals surface area contributed by atoms with Gasteiger partial charge in [-0.1, -0.05) is 6.92 Å². The third kappa shape index (κ3) is 5.16. The van der Waals surface area contributed by atoms with Crippen LogP contribution in [0, 0.1) is 0 Å². The van der Waals surface area contributed by atoms with Crippen LogP contribution in [0.2, 0.25) is 0 Å². The van der Waals surface area contributed by atoms with E-state index in [9.17, 15) is 4.79 Å². The number of aromatic nitrogens is 2. The zero-order chi connectivity index (χ0) is 18.4. The number of anilines is 4. The Kier molecular flexibility index (Phi) is 6.01. The highest BCUT2D eigenvalue weighted by Crippen LogP contribution is 2.20. The number of likely N-dealkylation sites (tertiary alicyclic amines) is 1. The van der Waals surface area contributed by atoms with Crippen molar-refractivity contribution in [3.05, 3.63) is 36.7 Å². The first-order valence-electron chi connectivity index (χ1n) is 9.06. The number of carbonyl (C=O) groups excluding carboxylic acids is 1. The molecule has 0 bridgehead atoms. The van der Waals surface area contributed by atoms with Gasteiger partial charge in [-0.15, -0.1) is 0 Å². The molecule has 1 amide bonds. The van der Waals surface area contributed by atoms with Crippen LogP contribution in [-0.4, -0.2) is 47.0 Å². The topological polar surface area (TPSA) is 82.2 Å². The molecule has 3 rings (SSSR count). The van der Waals surface area contributed by atoms with Crippen molar-refractivity contribution in [3.8, 4) is 0 Å². The molecular formula is C19H26N6O. The van der Waals surface area contributed by atoms with Gasteiger partial charge in [0.05, 0.1) is 0 Å². The maximum absolute atomic E-state index is 11.4. The first-order valence-corrected chi connectivity index (χ1v) is 9.06. The highest BCUT2D eigenvalue weighted by molar-refractivity contribution is 5.90. The van der Waals surface area contributed by atoms with Crippen molar-refractivity contribution in [2.24, 2.45) is 0 Å². The molecule has 7 nitrogen and oxygen atoms in total. The van der Waals surface area contributed by atoms with E-state index in [0.717, 1.165) is 48.9 Å². The SMILES string of the molecule is CCC(=O)Nc1ccc(Nc2cc(NC3CCN(C)CC3)ncn2)cc1. The minimum absolute atomic E-state index is 0.00568. The van der Waals surface area contributed by atoms with Crippen molar-refractivity contribution in [2.45, 2.75) is 32.2 Å². The summed E-state index contributed by atoms with van der Waals surface area (Å²) < 4.78 is 0. The fourth-order valence-electron chi connectivity index (χ4n) is 2.90. The summed E-state index contributed by atoms with van der Waals surface area (Å²) in [5.74, 6) is 1.58. The molecule has 1 aliphatic rings. The van der Waals surface area contributed by atoms with E-state index < -0.39 is 0 Å². The Hall–Kier alpha value is -2.67. The van der Waals surface area contributed by atoms with E-state index in [1.807, 2.05) is 37.3 Å². The lowest BCUT2D eigenvalue weighted by Gasteiger charge is -2.29. The molecule has 3 N–H and O–H groups in total. The molecule has 0 aliphatic carbocycles. The first-order chi connectivity index (χ1) is 12.6. The second-order valence-corrected chi connectivity index (χ2v) is 6.61. The third-order valence-corrected chi connectivity index (χ3v) is 4.50. The molecule has 2 heterocycles. The molecule has 0 spiro atoms. The summed E-state index contributed by atoms with van der Waals surface area (Å²) in [7, 11) is 2.15. The molecule has 2 aromatic rings. The lowest BCUT2D eigenvalue weighted by Crippen LogP contribution is -2.36. The summed E-state index contributed by atoms with van der Waals surface area (Å²) in [6, 6.07) is 9.94. The molecule has 1 aromatic heterocycles. The van der Waals surface area contributed by atoms with E-state index in [-0.39, 0.29) is 5.91 Å². The van der Waals surface area contributed by atoms with Crippen LogP contribution in [0.5, 0.6) is 0 Å². The van der Waals surface area contributed by atoms with Gasteiger partial charge in [0.25, 0.3) is 0 Å². The average molecular weight is 354 g/mol. The summed E-state index contributed by atoms with van der Waals surface area (Å²) in [6.45, 7) is 4.04. The highest BCUT2D eigenvalue weighted by Gasteiger charge is 2.16. The van der Waals surface area contributed by atoms with E-state index in [4.69, 9.17) is 0 Å². The Morgan fingerprint density at radius 1 is 1.12 bits per heavy atom. The van der Waals surface area contributed by atoms with Gasteiger partial charge in [-0.05, 0) is 57.2 Å². The molecule has 1 aromatic carbocycles. The number of rotatable bonds is 6. The second-order valence-electron chi connectivity index (χ2n) is 6.61. The number of carbonyl (C=O) groups is 1. The predicted molar refractivity (Wildman–Crippen MR) is 105 cm³/mol. The summed E-state index contributed by atoms with van der Waals surface area (Å²) in [5, 5.41) is 9.61. The van der Waals surface area contributed by atoms with Crippen molar-refractivity contribution in [3.63, 3.8) is 0 Å². The number of hydrogen-bond acceptors (Lipinski definition) is 6. The quantitative estimate of drug-likeness (QED) is 0.740. The molecule has 1 fully saturated rings. The molecule has 7 heteroatoms. The predicted octanol–water partition coefficient (Wildman–Crippen LogP) is 3.07. The van der Waals surface area contributed by atoms with Crippen molar-refractivity contribution < 1.29 is 4.79 Å². The third-order valence-electron chi connectivity index (χ3n) is 4.50. The van der Waals surface area contributed by atoms with Gasteiger partial charge in [0.1, 0.15) is 18.0 Å². The van der Waals surface area contributed by atoms with E-state index in [1.54, 1.807) is 6.33 Å². The van der Waals surface area contributed by atoms with Crippen molar-refractivity contribution in [1.82, 2.24) is 14.9 Å². The minimum Gasteiger partial charge on any atom is -0.367 e. The monoisotopic (exact) mass is 354 g/mol. The van der Waals surface area contributed by atoms with Crippen LogP contribution < -0.4 is 16.0 Å². The van der Waals surface area contributed by atoms with Crippen LogP contribution in [0.3, 0.4) is 0 Å². The Bertz CT molecular complexity index is 725. The Labute approximate surface area is 154 Å². The molecule has 0 atom stereocenters. The lowest BCUT2D eigenvalue weighted by atomic mass is 10.1. The van der Waals surface area contributed by atoms with E-state index in [0.29, 0.717) is 12.5 Å². The molecule has 26 heavy (non-hydrogen) atoms. The van der Waals surface area contributed by atoms with Gasteiger partial charge in [0, 0.05) is 29.9 Å². The molecule has 0 radical (unpaired) electrons. The van der Waals surface area contributed by atoms with Gasteiger partial charge in [-0.3, -0.25) is 4.79 Å². The highest BCUT2D eigenvalue weighted by atomic mass is 16.1. The van der Waals surface area contributed by atoms with Crippen LogP contribution in [0.25, 0.3) is 0 Å². The number of nitrogens with one attached hydrogen (secondary N) is 3. The lowest BCUT2D eigenvalue weighted by molar-refractivity contribution is -0.115. The van der Waals surface area contributed by atoms with Crippen LogP contribution in [-0.2, 0) is 4.79 Å². The maximum Gasteiger partial charge on any atom is 0.224 e. The molecule has 0 unspecified atom stereocenters. The average Bonchev–Trinajstić information content (AvgIpc) is 2.65. The smallest absolute Gasteiger partial charge is 0.224 e. The van der Waals surface area contributed by atoms with E-state index in [1.165, 1.54) is 0 Å². The number of piperidine rings is 1. The van der Waals surface area contributed by atoms with Crippen molar-refractivity contribution in [1.29, 1.82) is 0 Å². The van der Waals surface area contributed by atoms with Crippen molar-refractivity contribution >= 4 is 28.9 Å². The second kappa shape index (κ2) is 8.62. The van der Waals surface area contributed by atoms with Crippen LogP contribution >= 0.6 is 0 Å². The van der Waals surface area contributed by atoms with Gasteiger partial charge < -0.3 is 20.9 Å². The zero-order valence-electron chi connectivity index (χ0n) is 15.3. The van der Waals surface area contributed by atoms with Crippen molar-refractivity contribution in [2.75, 3.05) is 36.1 Å².